The minimum atomic E-state index is -0.357. The van der Waals surface area contributed by atoms with Crippen LogP contribution in [-0.2, 0) is 0 Å². The van der Waals surface area contributed by atoms with Gasteiger partial charge in [0.2, 0.25) is 0 Å². The van der Waals surface area contributed by atoms with Crippen LogP contribution in [0.15, 0.2) is 18.2 Å². The molecule has 3 nitrogen and oxygen atoms in total. The molecule has 3 atom stereocenters. The van der Waals surface area contributed by atoms with Crippen molar-refractivity contribution in [1.82, 2.24) is 0 Å². The number of ether oxygens (including phenoxy) is 1. The molecule has 0 aliphatic heterocycles. The normalized spacial score (nSPS) is 25.7. The molecule has 0 aromatic heterocycles. The Bertz CT molecular complexity index is 417. The monoisotopic (exact) mass is 263 g/mol. The second kappa shape index (κ2) is 6.40. The van der Waals surface area contributed by atoms with Crippen molar-refractivity contribution in [3.8, 4) is 5.75 Å². The van der Waals surface area contributed by atoms with Crippen molar-refractivity contribution in [3.63, 3.8) is 0 Å². The largest absolute Gasteiger partial charge is 0.487 e. The summed E-state index contributed by atoms with van der Waals surface area (Å²) in [6, 6.07) is 6.02. The number of nitrogens with two attached hydrogens (primary N) is 1. The van der Waals surface area contributed by atoms with Gasteiger partial charge in [-0.15, -0.1) is 0 Å². The van der Waals surface area contributed by atoms with Crippen LogP contribution in [0, 0.1) is 6.92 Å². The molecule has 1 aliphatic rings. The van der Waals surface area contributed by atoms with E-state index in [1.54, 1.807) is 0 Å². The zero-order valence-corrected chi connectivity index (χ0v) is 11.9. The second-order valence-electron chi connectivity index (χ2n) is 5.69. The van der Waals surface area contributed by atoms with E-state index in [1.165, 1.54) is 12.0 Å². The third-order valence-electron chi connectivity index (χ3n) is 3.85. The molecule has 0 heterocycles. The van der Waals surface area contributed by atoms with Crippen LogP contribution < -0.4 is 10.5 Å². The maximum absolute atomic E-state index is 10.1. The fourth-order valence-electron chi connectivity index (χ4n) is 2.69. The highest BCUT2D eigenvalue weighted by Crippen LogP contribution is 2.29. The number of aliphatic hydroxyl groups excluding tert-OH is 1. The van der Waals surface area contributed by atoms with E-state index in [-0.39, 0.29) is 18.2 Å². The van der Waals surface area contributed by atoms with Gasteiger partial charge in [0.15, 0.2) is 0 Å². The minimum Gasteiger partial charge on any atom is -0.487 e. The molecule has 19 heavy (non-hydrogen) atoms. The number of rotatable bonds is 3. The first-order valence-electron chi connectivity index (χ1n) is 7.29. The van der Waals surface area contributed by atoms with Gasteiger partial charge in [0.05, 0.1) is 6.10 Å². The topological polar surface area (TPSA) is 55.5 Å². The molecule has 3 heteroatoms. The lowest BCUT2D eigenvalue weighted by Gasteiger charge is -2.24. The van der Waals surface area contributed by atoms with Gasteiger partial charge < -0.3 is 15.6 Å². The summed E-state index contributed by atoms with van der Waals surface area (Å²) in [6.45, 7) is 4.02. The first-order chi connectivity index (χ1) is 9.08. The van der Waals surface area contributed by atoms with Gasteiger partial charge in [-0.2, -0.15) is 0 Å². The summed E-state index contributed by atoms with van der Waals surface area (Å²) in [6.07, 6.45) is 4.71. The van der Waals surface area contributed by atoms with Crippen LogP contribution in [0.5, 0.6) is 5.75 Å². The van der Waals surface area contributed by atoms with Crippen LogP contribution in [0.2, 0.25) is 0 Å². The maximum atomic E-state index is 10.1. The highest BCUT2D eigenvalue weighted by molar-refractivity contribution is 5.39. The van der Waals surface area contributed by atoms with E-state index in [4.69, 9.17) is 10.5 Å². The highest BCUT2D eigenvalue weighted by atomic mass is 16.5. The number of aryl methyl sites for hydroxylation is 1. The lowest BCUT2D eigenvalue weighted by molar-refractivity contribution is 0.0313. The molecule has 2 rings (SSSR count). The Morgan fingerprint density at radius 3 is 2.74 bits per heavy atom. The van der Waals surface area contributed by atoms with Crippen LogP contribution in [-0.4, -0.2) is 17.3 Å². The van der Waals surface area contributed by atoms with Gasteiger partial charge in [0.25, 0.3) is 0 Å². The number of benzene rings is 1. The van der Waals surface area contributed by atoms with Crippen molar-refractivity contribution in [2.45, 2.75) is 64.2 Å². The number of hydrogen-bond donors (Lipinski definition) is 2. The van der Waals surface area contributed by atoms with E-state index < -0.39 is 0 Å². The lowest BCUT2D eigenvalue weighted by Crippen LogP contribution is -2.31. The minimum absolute atomic E-state index is 0.0576. The Morgan fingerprint density at radius 2 is 2.00 bits per heavy atom. The van der Waals surface area contributed by atoms with Crippen LogP contribution in [0.1, 0.15) is 56.2 Å². The summed E-state index contributed by atoms with van der Waals surface area (Å²) in [5.74, 6) is 0.826. The third kappa shape index (κ3) is 3.71. The summed E-state index contributed by atoms with van der Waals surface area (Å²) < 4.78 is 6.06. The molecule has 0 amide bonds. The van der Waals surface area contributed by atoms with E-state index in [1.807, 2.05) is 19.1 Å². The summed E-state index contributed by atoms with van der Waals surface area (Å²) in [7, 11) is 0. The Hall–Kier alpha value is -1.06. The Labute approximate surface area is 115 Å². The molecule has 0 bridgehead atoms. The number of aliphatic hydroxyl groups is 1. The predicted molar refractivity (Wildman–Crippen MR) is 77.3 cm³/mol. The summed E-state index contributed by atoms with van der Waals surface area (Å²) in [5, 5.41) is 10.1. The van der Waals surface area contributed by atoms with Crippen LogP contribution in [0.25, 0.3) is 0 Å². The molecule has 1 aromatic rings. The molecule has 0 saturated heterocycles. The Morgan fingerprint density at radius 1 is 1.26 bits per heavy atom. The van der Waals surface area contributed by atoms with Gasteiger partial charge in [-0.05, 0) is 39.2 Å². The van der Waals surface area contributed by atoms with E-state index >= 15 is 0 Å². The molecular weight excluding hydrogens is 238 g/mol. The lowest BCUT2D eigenvalue weighted by atomic mass is 10.0. The summed E-state index contributed by atoms with van der Waals surface area (Å²) >= 11 is 0. The second-order valence-corrected chi connectivity index (χ2v) is 5.69. The van der Waals surface area contributed by atoms with Crippen molar-refractivity contribution in [3.05, 3.63) is 29.3 Å². The van der Waals surface area contributed by atoms with Gasteiger partial charge in [0.1, 0.15) is 11.9 Å². The molecule has 1 aromatic carbocycles. The summed E-state index contributed by atoms with van der Waals surface area (Å²) in [5.41, 5.74) is 8.22. The van der Waals surface area contributed by atoms with Crippen LogP contribution in [0.3, 0.4) is 0 Å². The maximum Gasteiger partial charge on any atom is 0.124 e. The predicted octanol–water partition coefficient (Wildman–Crippen LogP) is 3.09. The fraction of sp³-hybridized carbons (Fsp3) is 0.625. The van der Waals surface area contributed by atoms with Gasteiger partial charge >= 0.3 is 0 Å². The quantitative estimate of drug-likeness (QED) is 0.824. The first-order valence-corrected chi connectivity index (χ1v) is 7.29. The molecule has 1 fully saturated rings. The molecule has 0 radical (unpaired) electrons. The van der Waals surface area contributed by atoms with Gasteiger partial charge in [-0.1, -0.05) is 30.5 Å². The Balaban J connectivity index is 2.17. The average Bonchev–Trinajstić information content (AvgIpc) is 2.57. The van der Waals surface area contributed by atoms with E-state index in [0.717, 1.165) is 37.0 Å². The summed E-state index contributed by atoms with van der Waals surface area (Å²) in [4.78, 5) is 0. The SMILES string of the molecule is Cc1ccc(OC2CCCCCC2O)c(C(C)N)c1. The fourth-order valence-corrected chi connectivity index (χ4v) is 2.69. The molecule has 3 N–H and O–H groups in total. The zero-order valence-electron chi connectivity index (χ0n) is 11.9. The Kier molecular flexibility index (Phi) is 4.83. The van der Waals surface area contributed by atoms with Gasteiger partial charge in [-0.3, -0.25) is 0 Å². The number of hydrogen-bond acceptors (Lipinski definition) is 3. The van der Waals surface area contributed by atoms with Crippen molar-refractivity contribution in [2.24, 2.45) is 5.73 Å². The highest BCUT2D eigenvalue weighted by Gasteiger charge is 2.24. The molecule has 0 spiro atoms. The third-order valence-corrected chi connectivity index (χ3v) is 3.85. The van der Waals surface area contributed by atoms with Crippen molar-refractivity contribution in [1.29, 1.82) is 0 Å². The van der Waals surface area contributed by atoms with Crippen molar-refractivity contribution < 1.29 is 9.84 Å². The molecule has 106 valence electrons. The molecule has 3 unspecified atom stereocenters. The van der Waals surface area contributed by atoms with Crippen LogP contribution >= 0.6 is 0 Å². The smallest absolute Gasteiger partial charge is 0.124 e. The average molecular weight is 263 g/mol. The van der Waals surface area contributed by atoms with Crippen molar-refractivity contribution in [2.75, 3.05) is 0 Å². The molecule has 1 aliphatic carbocycles. The van der Waals surface area contributed by atoms with E-state index in [0.29, 0.717) is 0 Å². The first kappa shape index (κ1) is 14.4. The van der Waals surface area contributed by atoms with Gasteiger partial charge in [-0.25, -0.2) is 0 Å². The van der Waals surface area contributed by atoms with Gasteiger partial charge in [0, 0.05) is 11.6 Å². The molecule has 1 saturated carbocycles. The standard InChI is InChI=1S/C16H25NO2/c1-11-8-9-15(13(10-11)12(2)17)19-16-7-5-3-4-6-14(16)18/h8-10,12,14,16,18H,3-7,17H2,1-2H3. The van der Waals surface area contributed by atoms with Crippen molar-refractivity contribution >= 4 is 0 Å². The van der Waals surface area contributed by atoms with E-state index in [2.05, 4.69) is 13.0 Å². The van der Waals surface area contributed by atoms with E-state index in [9.17, 15) is 5.11 Å². The zero-order chi connectivity index (χ0) is 13.8. The van der Waals surface area contributed by atoms with Crippen LogP contribution in [0.4, 0.5) is 0 Å². The molecular formula is C16H25NO2.